The third kappa shape index (κ3) is 5.75. The molecule has 3 aromatic carbocycles. The number of benzene rings is 3. The Labute approximate surface area is 230 Å². The topological polar surface area (TPSA) is 84.3 Å². The van der Waals surface area contributed by atoms with Crippen LogP contribution in [0.15, 0.2) is 53.0 Å². The average molecular weight is 582 g/mol. The van der Waals surface area contributed by atoms with Crippen LogP contribution in [0.5, 0.6) is 5.75 Å². The number of halogens is 1. The van der Waals surface area contributed by atoms with E-state index < -0.39 is 0 Å². The molecule has 0 atom stereocenters. The molecule has 0 saturated heterocycles. The number of anilines is 2. The second-order valence-electron chi connectivity index (χ2n) is 8.55. The van der Waals surface area contributed by atoms with Crippen molar-refractivity contribution in [2.45, 2.75) is 27.7 Å². The van der Waals surface area contributed by atoms with Crippen LogP contribution in [0.25, 0.3) is 16.7 Å². The van der Waals surface area contributed by atoms with Gasteiger partial charge in [0.2, 0.25) is 0 Å². The number of fused-ring (bicyclic) bond motifs is 1. The predicted octanol–water partition coefficient (Wildman–Crippen LogP) is 5.78. The molecule has 0 aliphatic carbocycles. The second-order valence-corrected chi connectivity index (χ2v) is 9.81. The Morgan fingerprint density at radius 1 is 1.03 bits per heavy atom. The lowest BCUT2D eigenvalue weighted by molar-refractivity contribution is 0.0977. The van der Waals surface area contributed by atoms with E-state index in [4.69, 9.17) is 27.2 Å². The standard InChI is InChI=1S/C27H29BrN6O2S/c1-6-33(7-2)19-9-10-24(17(4)12-19)34-31-22-13-16(3)21(15-23(22)32-34)29-27(37)30-26(35)18-8-11-25(36-5)20(28)14-18/h8-15H,6-7H2,1-5H3,(H2,29,30,35,37). The summed E-state index contributed by atoms with van der Waals surface area (Å²) >= 11 is 8.80. The molecule has 4 aromatic rings. The lowest BCUT2D eigenvalue weighted by Gasteiger charge is -2.22. The van der Waals surface area contributed by atoms with Gasteiger partial charge in [0.25, 0.3) is 5.91 Å². The number of rotatable bonds is 7. The van der Waals surface area contributed by atoms with Gasteiger partial charge in [-0.05, 0) is 116 Å². The molecule has 10 heteroatoms. The minimum Gasteiger partial charge on any atom is -0.496 e. The number of carbonyl (C=O) groups is 1. The molecule has 8 nitrogen and oxygen atoms in total. The molecule has 0 fully saturated rings. The van der Waals surface area contributed by atoms with Crippen molar-refractivity contribution in [2.24, 2.45) is 0 Å². The van der Waals surface area contributed by atoms with Gasteiger partial charge in [0.05, 0.1) is 17.3 Å². The number of nitrogens with one attached hydrogen (secondary N) is 2. The Bertz CT molecular complexity index is 1480. The summed E-state index contributed by atoms with van der Waals surface area (Å²) < 4.78 is 5.90. The van der Waals surface area contributed by atoms with E-state index in [0.717, 1.165) is 41.1 Å². The van der Waals surface area contributed by atoms with Crippen LogP contribution in [-0.4, -0.2) is 46.2 Å². The molecule has 4 rings (SSSR count). The van der Waals surface area contributed by atoms with Crippen LogP contribution in [0.2, 0.25) is 0 Å². The molecule has 0 aliphatic rings. The molecule has 0 saturated carbocycles. The van der Waals surface area contributed by atoms with Crippen molar-refractivity contribution in [2.75, 3.05) is 30.4 Å². The predicted molar refractivity (Wildman–Crippen MR) is 156 cm³/mol. The molecule has 1 heterocycles. The lowest BCUT2D eigenvalue weighted by Crippen LogP contribution is -2.34. The first-order valence-electron chi connectivity index (χ1n) is 11.9. The smallest absolute Gasteiger partial charge is 0.257 e. The number of methoxy groups -OCH3 is 1. The summed E-state index contributed by atoms with van der Waals surface area (Å²) in [6.45, 7) is 10.2. The monoisotopic (exact) mass is 580 g/mol. The molecule has 0 aliphatic heterocycles. The van der Waals surface area contributed by atoms with Crippen molar-refractivity contribution >= 4 is 61.6 Å². The summed E-state index contributed by atoms with van der Waals surface area (Å²) in [6.07, 6.45) is 0. The van der Waals surface area contributed by atoms with Crippen molar-refractivity contribution in [3.05, 3.63) is 69.7 Å². The highest BCUT2D eigenvalue weighted by atomic mass is 79.9. The Balaban J connectivity index is 1.52. The first-order valence-corrected chi connectivity index (χ1v) is 13.1. The SMILES string of the molecule is CCN(CC)c1ccc(-n2nc3cc(C)c(NC(=S)NC(=O)c4ccc(OC)c(Br)c4)cc3n2)c(C)c1. The van der Waals surface area contributed by atoms with Crippen LogP contribution in [0.1, 0.15) is 35.3 Å². The maximum atomic E-state index is 12.7. The molecule has 0 bridgehead atoms. The Morgan fingerprint density at radius 3 is 2.35 bits per heavy atom. The van der Waals surface area contributed by atoms with E-state index in [1.54, 1.807) is 30.1 Å². The second kappa shape index (κ2) is 11.3. The van der Waals surface area contributed by atoms with Gasteiger partial charge >= 0.3 is 0 Å². The minimum absolute atomic E-state index is 0.189. The van der Waals surface area contributed by atoms with Gasteiger partial charge in [0.15, 0.2) is 5.11 Å². The van der Waals surface area contributed by atoms with Gasteiger partial charge in [-0.25, -0.2) is 0 Å². The Morgan fingerprint density at radius 2 is 1.73 bits per heavy atom. The number of nitrogens with zero attached hydrogens (tertiary/aromatic N) is 4. The van der Waals surface area contributed by atoms with Gasteiger partial charge in [-0.1, -0.05) is 0 Å². The summed E-state index contributed by atoms with van der Waals surface area (Å²) in [5, 5.41) is 15.4. The molecule has 1 amide bonds. The maximum absolute atomic E-state index is 12.7. The third-order valence-corrected chi connectivity index (χ3v) is 6.96. The van der Waals surface area contributed by atoms with Gasteiger partial charge in [0, 0.05) is 30.0 Å². The van der Waals surface area contributed by atoms with Gasteiger partial charge < -0.3 is 15.0 Å². The number of hydrogen-bond donors (Lipinski definition) is 2. The minimum atomic E-state index is -0.325. The lowest BCUT2D eigenvalue weighted by atomic mass is 10.1. The zero-order valence-electron chi connectivity index (χ0n) is 21.4. The van der Waals surface area contributed by atoms with Crippen LogP contribution in [0, 0.1) is 13.8 Å². The molecule has 1 aromatic heterocycles. The fourth-order valence-electron chi connectivity index (χ4n) is 4.10. The van der Waals surface area contributed by atoms with Crippen molar-refractivity contribution < 1.29 is 9.53 Å². The first kappa shape index (κ1) is 26.6. The Kier molecular flexibility index (Phi) is 8.09. The summed E-state index contributed by atoms with van der Waals surface area (Å²) in [5.41, 5.74) is 6.81. The van der Waals surface area contributed by atoms with E-state index in [2.05, 4.69) is 70.4 Å². The molecule has 0 spiro atoms. The summed E-state index contributed by atoms with van der Waals surface area (Å²) in [4.78, 5) is 16.6. The van der Waals surface area contributed by atoms with E-state index in [1.807, 2.05) is 19.1 Å². The highest BCUT2D eigenvalue weighted by Gasteiger charge is 2.14. The number of hydrogen-bond acceptors (Lipinski definition) is 6. The van der Waals surface area contributed by atoms with Gasteiger partial charge in [-0.3, -0.25) is 10.1 Å². The van der Waals surface area contributed by atoms with Gasteiger partial charge in [-0.2, -0.15) is 4.80 Å². The zero-order chi connectivity index (χ0) is 26.7. The fourth-order valence-corrected chi connectivity index (χ4v) is 4.84. The van der Waals surface area contributed by atoms with Crippen molar-refractivity contribution in [3.63, 3.8) is 0 Å². The largest absolute Gasteiger partial charge is 0.496 e. The number of aromatic nitrogens is 3. The summed E-state index contributed by atoms with van der Waals surface area (Å²) in [5.74, 6) is 0.318. The summed E-state index contributed by atoms with van der Waals surface area (Å²) in [7, 11) is 1.57. The van der Waals surface area contributed by atoms with E-state index >= 15 is 0 Å². The number of thiocarbonyl (C=S) groups is 1. The first-order chi connectivity index (χ1) is 17.7. The molecule has 37 heavy (non-hydrogen) atoms. The highest BCUT2D eigenvalue weighted by Crippen LogP contribution is 2.26. The molecule has 0 radical (unpaired) electrons. The van der Waals surface area contributed by atoms with Crippen LogP contribution in [0.3, 0.4) is 0 Å². The normalized spacial score (nSPS) is 10.9. The van der Waals surface area contributed by atoms with Crippen molar-refractivity contribution in [1.29, 1.82) is 0 Å². The van der Waals surface area contributed by atoms with Gasteiger partial charge in [0.1, 0.15) is 16.8 Å². The number of aryl methyl sites for hydroxylation is 2. The van der Waals surface area contributed by atoms with Crippen LogP contribution >= 0.6 is 28.1 Å². The maximum Gasteiger partial charge on any atom is 0.257 e. The number of amides is 1. The van der Waals surface area contributed by atoms with E-state index in [-0.39, 0.29) is 11.0 Å². The van der Waals surface area contributed by atoms with E-state index in [9.17, 15) is 4.79 Å². The zero-order valence-corrected chi connectivity index (χ0v) is 23.8. The van der Waals surface area contributed by atoms with Crippen LogP contribution < -0.4 is 20.3 Å². The highest BCUT2D eigenvalue weighted by molar-refractivity contribution is 9.10. The number of carbonyl (C=O) groups excluding carboxylic acids is 1. The molecule has 192 valence electrons. The van der Waals surface area contributed by atoms with Gasteiger partial charge in [-0.15, -0.1) is 10.2 Å². The van der Waals surface area contributed by atoms with Crippen LogP contribution in [-0.2, 0) is 0 Å². The van der Waals surface area contributed by atoms with E-state index in [0.29, 0.717) is 21.3 Å². The number of ether oxygens (including phenoxy) is 1. The molecular formula is C27H29BrN6O2S. The van der Waals surface area contributed by atoms with Crippen LogP contribution in [0.4, 0.5) is 11.4 Å². The fraction of sp³-hybridized carbons (Fsp3) is 0.259. The van der Waals surface area contributed by atoms with E-state index in [1.165, 1.54) is 5.69 Å². The Hall–Kier alpha value is -3.50. The van der Waals surface area contributed by atoms with Crippen molar-refractivity contribution in [3.8, 4) is 11.4 Å². The molecule has 0 unspecified atom stereocenters. The molecule has 2 N–H and O–H groups in total. The summed E-state index contributed by atoms with van der Waals surface area (Å²) in [6, 6.07) is 15.2. The molecular weight excluding hydrogens is 552 g/mol. The quantitative estimate of drug-likeness (QED) is 0.268. The third-order valence-electron chi connectivity index (χ3n) is 6.14. The van der Waals surface area contributed by atoms with Crippen molar-refractivity contribution in [1.82, 2.24) is 20.3 Å². The average Bonchev–Trinajstić information content (AvgIpc) is 3.27.